The second-order valence-electron chi connectivity index (χ2n) is 6.05. The molecule has 0 saturated heterocycles. The van der Waals surface area contributed by atoms with E-state index in [2.05, 4.69) is 10.3 Å². The summed E-state index contributed by atoms with van der Waals surface area (Å²) in [5, 5.41) is 2.86. The summed E-state index contributed by atoms with van der Waals surface area (Å²) < 4.78 is 5.64. The SMILES string of the molecule is CC(C)c1nc2cc(NC(=O)CC(N)C(C)C)ccc2o1. The highest BCUT2D eigenvalue weighted by Gasteiger charge is 2.14. The zero-order valence-corrected chi connectivity index (χ0v) is 13.0. The van der Waals surface area contributed by atoms with Crippen molar-refractivity contribution in [3.05, 3.63) is 24.1 Å². The van der Waals surface area contributed by atoms with Crippen LogP contribution in [0, 0.1) is 5.92 Å². The topological polar surface area (TPSA) is 81.2 Å². The Morgan fingerprint density at radius 2 is 2.05 bits per heavy atom. The monoisotopic (exact) mass is 289 g/mol. The van der Waals surface area contributed by atoms with E-state index in [-0.39, 0.29) is 23.8 Å². The van der Waals surface area contributed by atoms with E-state index in [1.54, 1.807) is 0 Å². The molecule has 114 valence electrons. The number of anilines is 1. The molecular weight excluding hydrogens is 266 g/mol. The van der Waals surface area contributed by atoms with Crippen molar-refractivity contribution in [2.75, 3.05) is 5.32 Å². The quantitative estimate of drug-likeness (QED) is 0.885. The van der Waals surface area contributed by atoms with Gasteiger partial charge >= 0.3 is 0 Å². The summed E-state index contributed by atoms with van der Waals surface area (Å²) in [5.74, 6) is 1.14. The average molecular weight is 289 g/mol. The van der Waals surface area contributed by atoms with Crippen molar-refractivity contribution in [1.29, 1.82) is 0 Å². The predicted octanol–water partition coefficient (Wildman–Crippen LogP) is 3.26. The number of benzene rings is 1. The number of nitrogens with zero attached hydrogens (tertiary/aromatic N) is 1. The smallest absolute Gasteiger partial charge is 0.225 e. The number of nitrogens with one attached hydrogen (secondary N) is 1. The van der Waals surface area contributed by atoms with E-state index in [9.17, 15) is 4.79 Å². The summed E-state index contributed by atoms with van der Waals surface area (Å²) in [4.78, 5) is 16.4. The van der Waals surface area contributed by atoms with Crippen molar-refractivity contribution in [3.63, 3.8) is 0 Å². The third-order valence-corrected chi connectivity index (χ3v) is 3.46. The van der Waals surface area contributed by atoms with Crippen LogP contribution in [0.5, 0.6) is 0 Å². The van der Waals surface area contributed by atoms with E-state index in [1.165, 1.54) is 0 Å². The molecule has 0 radical (unpaired) electrons. The fourth-order valence-electron chi connectivity index (χ4n) is 1.93. The molecule has 5 heteroatoms. The van der Waals surface area contributed by atoms with E-state index in [1.807, 2.05) is 45.9 Å². The minimum atomic E-state index is -0.131. The number of hydrogen-bond donors (Lipinski definition) is 2. The van der Waals surface area contributed by atoms with Gasteiger partial charge in [-0.2, -0.15) is 0 Å². The number of hydrogen-bond acceptors (Lipinski definition) is 4. The Morgan fingerprint density at radius 1 is 1.33 bits per heavy atom. The molecule has 0 aliphatic carbocycles. The minimum Gasteiger partial charge on any atom is -0.440 e. The number of nitrogens with two attached hydrogens (primary N) is 1. The Hall–Kier alpha value is -1.88. The van der Waals surface area contributed by atoms with Gasteiger partial charge < -0.3 is 15.5 Å². The summed E-state index contributed by atoms with van der Waals surface area (Å²) in [7, 11) is 0. The minimum absolute atomic E-state index is 0.0804. The fourth-order valence-corrected chi connectivity index (χ4v) is 1.93. The third kappa shape index (κ3) is 3.82. The summed E-state index contributed by atoms with van der Waals surface area (Å²) in [6, 6.07) is 5.33. The molecule has 0 aliphatic heterocycles. The molecule has 0 fully saturated rings. The first-order valence-electron chi connectivity index (χ1n) is 7.32. The molecule has 2 aromatic rings. The lowest BCUT2D eigenvalue weighted by Crippen LogP contribution is -2.31. The molecule has 1 amide bonds. The van der Waals surface area contributed by atoms with Crippen molar-refractivity contribution in [3.8, 4) is 0 Å². The summed E-state index contributed by atoms with van der Waals surface area (Å²) in [6.45, 7) is 8.07. The van der Waals surface area contributed by atoms with Gasteiger partial charge in [-0.25, -0.2) is 4.98 Å². The molecule has 2 rings (SSSR count). The second-order valence-corrected chi connectivity index (χ2v) is 6.05. The maximum atomic E-state index is 11.9. The third-order valence-electron chi connectivity index (χ3n) is 3.46. The van der Waals surface area contributed by atoms with Crippen molar-refractivity contribution in [2.45, 2.75) is 46.1 Å². The molecular formula is C16H23N3O2. The first kappa shape index (κ1) is 15.5. The zero-order chi connectivity index (χ0) is 15.6. The highest BCUT2D eigenvalue weighted by atomic mass is 16.3. The Morgan fingerprint density at radius 3 is 2.67 bits per heavy atom. The number of rotatable bonds is 5. The van der Waals surface area contributed by atoms with Gasteiger partial charge in [-0.05, 0) is 24.1 Å². The second kappa shape index (κ2) is 6.26. The number of carbonyl (C=O) groups is 1. The fraction of sp³-hybridized carbons (Fsp3) is 0.500. The number of oxazole rings is 1. The van der Waals surface area contributed by atoms with Gasteiger partial charge in [0.1, 0.15) is 5.52 Å². The molecule has 0 saturated carbocycles. The lowest BCUT2D eigenvalue weighted by Gasteiger charge is -2.14. The largest absolute Gasteiger partial charge is 0.440 e. The summed E-state index contributed by atoms with van der Waals surface area (Å²) >= 11 is 0. The molecule has 0 spiro atoms. The lowest BCUT2D eigenvalue weighted by molar-refractivity contribution is -0.116. The van der Waals surface area contributed by atoms with Crippen LogP contribution in [0.15, 0.2) is 22.6 Å². The van der Waals surface area contributed by atoms with Gasteiger partial charge in [0.25, 0.3) is 0 Å². The van der Waals surface area contributed by atoms with E-state index in [0.29, 0.717) is 18.0 Å². The Kier molecular flexibility index (Phi) is 4.63. The van der Waals surface area contributed by atoms with E-state index in [0.717, 1.165) is 11.1 Å². The van der Waals surface area contributed by atoms with Gasteiger partial charge in [0.2, 0.25) is 5.91 Å². The molecule has 1 heterocycles. The Labute approximate surface area is 124 Å². The van der Waals surface area contributed by atoms with Crippen LogP contribution >= 0.6 is 0 Å². The van der Waals surface area contributed by atoms with Gasteiger partial charge in [-0.15, -0.1) is 0 Å². The molecule has 5 nitrogen and oxygen atoms in total. The Balaban J connectivity index is 2.10. The summed E-state index contributed by atoms with van der Waals surface area (Å²) in [5.41, 5.74) is 8.11. The molecule has 1 atom stereocenters. The lowest BCUT2D eigenvalue weighted by atomic mass is 10.0. The van der Waals surface area contributed by atoms with Gasteiger partial charge in [0.15, 0.2) is 11.5 Å². The van der Waals surface area contributed by atoms with Crippen molar-refractivity contribution < 1.29 is 9.21 Å². The average Bonchev–Trinajstić information content (AvgIpc) is 2.81. The molecule has 0 aliphatic rings. The first-order chi connectivity index (χ1) is 9.86. The van der Waals surface area contributed by atoms with E-state index >= 15 is 0 Å². The molecule has 0 bridgehead atoms. The van der Waals surface area contributed by atoms with Crippen LogP contribution < -0.4 is 11.1 Å². The highest BCUT2D eigenvalue weighted by Crippen LogP contribution is 2.23. The standard InChI is InChI=1S/C16H23N3O2/c1-9(2)12(17)8-15(20)18-11-5-6-14-13(7-11)19-16(21-14)10(3)4/h5-7,9-10,12H,8,17H2,1-4H3,(H,18,20). The van der Waals surface area contributed by atoms with Crippen molar-refractivity contribution >= 4 is 22.7 Å². The molecule has 1 aromatic heterocycles. The molecule has 1 unspecified atom stereocenters. The van der Waals surface area contributed by atoms with Crippen LogP contribution in [0.1, 0.15) is 45.9 Å². The van der Waals surface area contributed by atoms with Crippen LogP contribution in [0.2, 0.25) is 0 Å². The predicted molar refractivity (Wildman–Crippen MR) is 84.2 cm³/mol. The van der Waals surface area contributed by atoms with E-state index in [4.69, 9.17) is 10.2 Å². The van der Waals surface area contributed by atoms with Crippen LogP contribution in [-0.2, 0) is 4.79 Å². The van der Waals surface area contributed by atoms with Crippen LogP contribution in [0.25, 0.3) is 11.1 Å². The summed E-state index contributed by atoms with van der Waals surface area (Å²) in [6.07, 6.45) is 0.311. The van der Waals surface area contributed by atoms with Crippen molar-refractivity contribution in [1.82, 2.24) is 4.98 Å². The normalized spacial score (nSPS) is 13.1. The number of fused-ring (bicyclic) bond motifs is 1. The van der Waals surface area contributed by atoms with Gasteiger partial charge in [-0.1, -0.05) is 27.7 Å². The zero-order valence-electron chi connectivity index (χ0n) is 13.0. The van der Waals surface area contributed by atoms with Gasteiger partial charge in [0, 0.05) is 24.1 Å². The van der Waals surface area contributed by atoms with E-state index < -0.39 is 0 Å². The van der Waals surface area contributed by atoms with Crippen LogP contribution in [0.4, 0.5) is 5.69 Å². The number of carbonyl (C=O) groups excluding carboxylic acids is 1. The Bertz CT molecular complexity index is 631. The van der Waals surface area contributed by atoms with Crippen molar-refractivity contribution in [2.24, 2.45) is 11.7 Å². The van der Waals surface area contributed by atoms with Gasteiger partial charge in [0.05, 0.1) is 0 Å². The molecule has 21 heavy (non-hydrogen) atoms. The van der Waals surface area contributed by atoms with Gasteiger partial charge in [-0.3, -0.25) is 4.79 Å². The first-order valence-corrected chi connectivity index (χ1v) is 7.32. The number of aromatic nitrogens is 1. The highest BCUT2D eigenvalue weighted by molar-refractivity contribution is 5.93. The maximum absolute atomic E-state index is 11.9. The molecule has 1 aromatic carbocycles. The van der Waals surface area contributed by atoms with Crippen LogP contribution in [-0.4, -0.2) is 16.9 Å². The maximum Gasteiger partial charge on any atom is 0.225 e. The molecule has 3 N–H and O–H groups in total. The number of amides is 1. The van der Waals surface area contributed by atoms with Crippen LogP contribution in [0.3, 0.4) is 0 Å².